The van der Waals surface area contributed by atoms with E-state index in [1.165, 1.54) is 47.4 Å². The van der Waals surface area contributed by atoms with Gasteiger partial charge >= 0.3 is 0 Å². The van der Waals surface area contributed by atoms with Crippen molar-refractivity contribution < 1.29 is 14.0 Å². The Bertz CT molecular complexity index is 721. The fourth-order valence-electron chi connectivity index (χ4n) is 1.77. The van der Waals surface area contributed by atoms with Crippen LogP contribution in [0.2, 0.25) is 0 Å². The molecule has 2 N–H and O–H groups in total. The molecule has 2 amide bonds. The Hall–Kier alpha value is -2.00. The van der Waals surface area contributed by atoms with Gasteiger partial charge in [-0.3, -0.25) is 9.59 Å². The summed E-state index contributed by atoms with van der Waals surface area (Å²) in [6.07, 6.45) is 0.888. The van der Waals surface area contributed by atoms with E-state index < -0.39 is 5.91 Å². The van der Waals surface area contributed by atoms with Crippen LogP contribution in [0.4, 0.5) is 10.1 Å². The predicted molar refractivity (Wildman–Crippen MR) is 98.3 cm³/mol. The Labute approximate surface area is 153 Å². The molecule has 0 spiro atoms. The van der Waals surface area contributed by atoms with Crippen LogP contribution in [0.15, 0.2) is 24.3 Å². The first kappa shape index (κ1) is 19.3. The van der Waals surface area contributed by atoms with Gasteiger partial charge in [0, 0.05) is 17.5 Å². The van der Waals surface area contributed by atoms with Crippen LogP contribution in [0.25, 0.3) is 0 Å². The second-order valence-corrected chi connectivity index (χ2v) is 7.38. The van der Waals surface area contributed by atoms with E-state index in [1.807, 2.05) is 13.8 Å². The third-order valence-electron chi connectivity index (χ3n) is 3.24. The van der Waals surface area contributed by atoms with Gasteiger partial charge in [-0.25, -0.2) is 4.39 Å². The molecule has 2 rings (SSSR count). The highest BCUT2D eigenvalue weighted by Crippen LogP contribution is 2.18. The van der Waals surface area contributed by atoms with Crippen molar-refractivity contribution in [3.8, 4) is 0 Å². The molecule has 1 aromatic heterocycles. The lowest BCUT2D eigenvalue weighted by Gasteiger charge is -2.10. The predicted octanol–water partition coefficient (Wildman–Crippen LogP) is 3.08. The number of nitrogens with zero attached hydrogens (tertiary/aromatic N) is 2. The highest BCUT2D eigenvalue weighted by molar-refractivity contribution is 7.99. The minimum absolute atomic E-state index is 0.0156. The Kier molecular flexibility index (Phi) is 7.32. The summed E-state index contributed by atoms with van der Waals surface area (Å²) in [4.78, 5) is 23.8. The van der Waals surface area contributed by atoms with Crippen molar-refractivity contribution in [1.29, 1.82) is 0 Å². The van der Waals surface area contributed by atoms with Gasteiger partial charge in [-0.05, 0) is 37.6 Å². The van der Waals surface area contributed by atoms with Crippen molar-refractivity contribution in [3.63, 3.8) is 0 Å². The molecule has 1 heterocycles. The first-order chi connectivity index (χ1) is 12.0. The van der Waals surface area contributed by atoms with Crippen molar-refractivity contribution >= 4 is 40.6 Å². The van der Waals surface area contributed by atoms with Crippen molar-refractivity contribution in [2.75, 3.05) is 11.1 Å². The molecule has 0 radical (unpaired) electrons. The molecule has 6 nitrogen and oxygen atoms in total. The maximum atomic E-state index is 12.9. The standard InChI is InChI=1S/C16H19FN4O2S2/c1-3-10(2)18-13(22)8-24-9-14-20-21-16(25-14)15(23)19-12-6-4-11(17)5-7-12/h4-7,10H,3,8-9H2,1-2H3,(H,18,22)(H,19,23). The van der Waals surface area contributed by atoms with Crippen LogP contribution >= 0.6 is 23.1 Å². The molecule has 0 saturated heterocycles. The van der Waals surface area contributed by atoms with E-state index in [1.54, 1.807) is 0 Å². The van der Waals surface area contributed by atoms with E-state index in [4.69, 9.17) is 0 Å². The minimum atomic E-state index is -0.394. The third kappa shape index (κ3) is 6.43. The Morgan fingerprint density at radius 2 is 2.00 bits per heavy atom. The summed E-state index contributed by atoms with van der Waals surface area (Å²) in [5, 5.41) is 14.2. The van der Waals surface area contributed by atoms with Crippen LogP contribution in [-0.2, 0) is 10.5 Å². The van der Waals surface area contributed by atoms with Crippen LogP contribution in [0.1, 0.15) is 35.1 Å². The van der Waals surface area contributed by atoms with E-state index in [2.05, 4.69) is 20.8 Å². The molecule has 0 aliphatic heterocycles. The fraction of sp³-hybridized carbons (Fsp3) is 0.375. The first-order valence-corrected chi connectivity index (χ1v) is 9.71. The summed E-state index contributed by atoms with van der Waals surface area (Å²) in [5.41, 5.74) is 0.485. The van der Waals surface area contributed by atoms with Crippen LogP contribution < -0.4 is 10.6 Å². The SMILES string of the molecule is CCC(C)NC(=O)CSCc1nnc(C(=O)Nc2ccc(F)cc2)s1. The Balaban J connectivity index is 1.80. The molecule has 0 bridgehead atoms. The normalized spacial score (nSPS) is 11.8. The summed E-state index contributed by atoms with van der Waals surface area (Å²) in [5.74, 6) is 0.0646. The van der Waals surface area contributed by atoms with E-state index in [0.29, 0.717) is 22.2 Å². The van der Waals surface area contributed by atoms with Gasteiger partial charge in [-0.15, -0.1) is 22.0 Å². The third-order valence-corrected chi connectivity index (χ3v) is 5.29. The van der Waals surface area contributed by atoms with Crippen LogP contribution in [0.3, 0.4) is 0 Å². The van der Waals surface area contributed by atoms with Gasteiger partial charge in [0.25, 0.3) is 5.91 Å². The number of hydrogen-bond donors (Lipinski definition) is 2. The number of carbonyl (C=O) groups is 2. The molecular formula is C16H19FN4O2S2. The maximum Gasteiger partial charge on any atom is 0.286 e. The van der Waals surface area contributed by atoms with Crippen LogP contribution in [-0.4, -0.2) is 33.8 Å². The fourth-order valence-corrected chi connectivity index (χ4v) is 3.39. The molecular weight excluding hydrogens is 363 g/mol. The van der Waals surface area contributed by atoms with Gasteiger partial charge in [0.05, 0.1) is 5.75 Å². The molecule has 0 saturated carbocycles. The van der Waals surface area contributed by atoms with Gasteiger partial charge in [0.15, 0.2) is 0 Å². The number of amides is 2. The Morgan fingerprint density at radius 3 is 2.68 bits per heavy atom. The average Bonchev–Trinajstić information content (AvgIpc) is 3.06. The summed E-state index contributed by atoms with van der Waals surface area (Å²) in [6.45, 7) is 3.97. The van der Waals surface area contributed by atoms with E-state index in [-0.39, 0.29) is 22.8 Å². The van der Waals surface area contributed by atoms with Gasteiger partial charge in [-0.1, -0.05) is 18.3 Å². The lowest BCUT2D eigenvalue weighted by atomic mass is 10.3. The topological polar surface area (TPSA) is 84.0 Å². The highest BCUT2D eigenvalue weighted by atomic mass is 32.2. The molecule has 9 heteroatoms. The van der Waals surface area contributed by atoms with Gasteiger partial charge in [-0.2, -0.15) is 0 Å². The second-order valence-electron chi connectivity index (χ2n) is 5.33. The molecule has 1 unspecified atom stereocenters. The van der Waals surface area contributed by atoms with Crippen molar-refractivity contribution in [3.05, 3.63) is 40.1 Å². The number of nitrogens with one attached hydrogen (secondary N) is 2. The zero-order chi connectivity index (χ0) is 18.2. The molecule has 2 aromatic rings. The lowest BCUT2D eigenvalue weighted by Crippen LogP contribution is -2.33. The molecule has 1 atom stereocenters. The minimum Gasteiger partial charge on any atom is -0.353 e. The summed E-state index contributed by atoms with van der Waals surface area (Å²) >= 11 is 2.59. The molecule has 0 aliphatic carbocycles. The lowest BCUT2D eigenvalue weighted by molar-refractivity contribution is -0.119. The monoisotopic (exact) mass is 382 g/mol. The van der Waals surface area contributed by atoms with Crippen molar-refractivity contribution in [1.82, 2.24) is 15.5 Å². The van der Waals surface area contributed by atoms with Crippen LogP contribution in [0.5, 0.6) is 0 Å². The van der Waals surface area contributed by atoms with Gasteiger partial charge in [0.2, 0.25) is 10.9 Å². The van der Waals surface area contributed by atoms with E-state index >= 15 is 0 Å². The zero-order valence-corrected chi connectivity index (χ0v) is 15.5. The van der Waals surface area contributed by atoms with Gasteiger partial charge < -0.3 is 10.6 Å². The molecule has 1 aromatic carbocycles. The number of carbonyl (C=O) groups excluding carboxylic acids is 2. The number of hydrogen-bond acceptors (Lipinski definition) is 6. The number of benzene rings is 1. The van der Waals surface area contributed by atoms with E-state index in [9.17, 15) is 14.0 Å². The highest BCUT2D eigenvalue weighted by Gasteiger charge is 2.14. The number of halogens is 1. The largest absolute Gasteiger partial charge is 0.353 e. The van der Waals surface area contributed by atoms with Crippen molar-refractivity contribution in [2.45, 2.75) is 32.1 Å². The van der Waals surface area contributed by atoms with Crippen LogP contribution in [0, 0.1) is 5.82 Å². The number of anilines is 1. The molecule has 0 aliphatic rings. The first-order valence-electron chi connectivity index (χ1n) is 7.74. The van der Waals surface area contributed by atoms with Gasteiger partial charge in [0.1, 0.15) is 10.8 Å². The Morgan fingerprint density at radius 1 is 1.28 bits per heavy atom. The smallest absolute Gasteiger partial charge is 0.286 e. The number of thioether (sulfide) groups is 1. The van der Waals surface area contributed by atoms with Crippen molar-refractivity contribution in [2.24, 2.45) is 0 Å². The second kappa shape index (κ2) is 9.47. The maximum absolute atomic E-state index is 12.9. The summed E-state index contributed by atoms with van der Waals surface area (Å²) in [7, 11) is 0. The number of rotatable bonds is 8. The zero-order valence-electron chi connectivity index (χ0n) is 13.9. The summed E-state index contributed by atoms with van der Waals surface area (Å²) < 4.78 is 12.9. The number of aromatic nitrogens is 2. The average molecular weight is 382 g/mol. The van der Waals surface area contributed by atoms with E-state index in [0.717, 1.165) is 6.42 Å². The quantitative estimate of drug-likeness (QED) is 0.733. The molecule has 25 heavy (non-hydrogen) atoms. The molecule has 0 fully saturated rings. The summed E-state index contributed by atoms with van der Waals surface area (Å²) in [6, 6.07) is 5.64. The molecule has 134 valence electrons.